The number of nitro benzene ring substituents is 1. The number of ether oxygens (including phenoxy) is 1. The SMILES string of the molecule is Cc1cc([N+](=O)[O-])c(C(=O)O)cc1OC(F)F. The fourth-order valence-electron chi connectivity index (χ4n) is 1.22. The monoisotopic (exact) mass is 247 g/mol. The lowest BCUT2D eigenvalue weighted by atomic mass is 10.1. The largest absolute Gasteiger partial charge is 0.477 e. The van der Waals surface area contributed by atoms with Crippen LogP contribution in [-0.2, 0) is 0 Å². The average Bonchev–Trinajstić information content (AvgIpc) is 2.19. The molecule has 0 amide bonds. The van der Waals surface area contributed by atoms with Gasteiger partial charge in [-0.15, -0.1) is 0 Å². The molecule has 8 heteroatoms. The van der Waals surface area contributed by atoms with Crippen LogP contribution in [0.2, 0.25) is 0 Å². The van der Waals surface area contributed by atoms with Crippen LogP contribution in [0.3, 0.4) is 0 Å². The maximum absolute atomic E-state index is 12.0. The van der Waals surface area contributed by atoms with Gasteiger partial charge in [0.05, 0.1) is 4.92 Å². The molecule has 0 bridgehead atoms. The highest BCUT2D eigenvalue weighted by atomic mass is 19.3. The van der Waals surface area contributed by atoms with Gasteiger partial charge >= 0.3 is 12.6 Å². The van der Waals surface area contributed by atoms with E-state index in [1.165, 1.54) is 6.92 Å². The van der Waals surface area contributed by atoms with Crippen LogP contribution in [0.25, 0.3) is 0 Å². The van der Waals surface area contributed by atoms with Gasteiger partial charge in [-0.05, 0) is 12.5 Å². The first-order valence-corrected chi connectivity index (χ1v) is 4.30. The summed E-state index contributed by atoms with van der Waals surface area (Å²) in [5, 5.41) is 19.3. The van der Waals surface area contributed by atoms with Crippen molar-refractivity contribution in [3.05, 3.63) is 33.4 Å². The molecule has 0 unspecified atom stereocenters. The van der Waals surface area contributed by atoms with E-state index in [0.29, 0.717) is 6.07 Å². The van der Waals surface area contributed by atoms with Crippen molar-refractivity contribution in [1.82, 2.24) is 0 Å². The topological polar surface area (TPSA) is 89.7 Å². The Bertz CT molecular complexity index is 475. The molecule has 1 rings (SSSR count). The predicted octanol–water partition coefficient (Wildman–Crippen LogP) is 2.20. The molecule has 0 saturated carbocycles. The summed E-state index contributed by atoms with van der Waals surface area (Å²) < 4.78 is 28.0. The molecule has 0 aromatic heterocycles. The predicted molar refractivity (Wildman–Crippen MR) is 51.4 cm³/mol. The first-order chi connectivity index (χ1) is 7.82. The third-order valence-corrected chi connectivity index (χ3v) is 1.94. The number of benzene rings is 1. The molecule has 0 heterocycles. The fourth-order valence-corrected chi connectivity index (χ4v) is 1.22. The first kappa shape index (κ1) is 12.8. The summed E-state index contributed by atoms with van der Waals surface area (Å²) in [6.45, 7) is -1.83. The Morgan fingerprint density at radius 1 is 1.53 bits per heavy atom. The van der Waals surface area contributed by atoms with Crippen molar-refractivity contribution < 1.29 is 28.3 Å². The van der Waals surface area contributed by atoms with Gasteiger partial charge in [-0.3, -0.25) is 10.1 Å². The summed E-state index contributed by atoms with van der Waals surface area (Å²) >= 11 is 0. The molecule has 1 aromatic carbocycles. The van der Waals surface area contributed by atoms with E-state index in [1.54, 1.807) is 0 Å². The number of halogens is 2. The summed E-state index contributed by atoms with van der Waals surface area (Å²) in [6.07, 6.45) is 0. The van der Waals surface area contributed by atoms with Gasteiger partial charge in [-0.1, -0.05) is 0 Å². The van der Waals surface area contributed by atoms with E-state index in [2.05, 4.69) is 4.74 Å². The van der Waals surface area contributed by atoms with Gasteiger partial charge in [0.25, 0.3) is 5.69 Å². The summed E-state index contributed by atoms with van der Waals surface area (Å²) in [7, 11) is 0. The van der Waals surface area contributed by atoms with Crippen molar-refractivity contribution in [3.8, 4) is 5.75 Å². The number of aromatic carboxylic acids is 1. The summed E-state index contributed by atoms with van der Waals surface area (Å²) in [4.78, 5) is 20.4. The van der Waals surface area contributed by atoms with Crippen molar-refractivity contribution in [2.75, 3.05) is 0 Å². The molecule has 17 heavy (non-hydrogen) atoms. The van der Waals surface area contributed by atoms with Crippen LogP contribution < -0.4 is 4.74 Å². The molecule has 1 N–H and O–H groups in total. The van der Waals surface area contributed by atoms with Crippen molar-refractivity contribution in [3.63, 3.8) is 0 Å². The second kappa shape index (κ2) is 4.73. The summed E-state index contributed by atoms with van der Waals surface area (Å²) in [5.74, 6) is -1.99. The number of nitro groups is 1. The quantitative estimate of drug-likeness (QED) is 0.650. The Hall–Kier alpha value is -2.25. The minimum absolute atomic E-state index is 0.0574. The zero-order chi connectivity index (χ0) is 13.2. The molecule has 0 aliphatic carbocycles. The number of hydrogen-bond donors (Lipinski definition) is 1. The lowest BCUT2D eigenvalue weighted by Gasteiger charge is -2.08. The number of alkyl halides is 2. The molecular weight excluding hydrogens is 240 g/mol. The van der Waals surface area contributed by atoms with Crippen molar-refractivity contribution in [2.45, 2.75) is 13.5 Å². The maximum Gasteiger partial charge on any atom is 0.387 e. The van der Waals surface area contributed by atoms with Crippen molar-refractivity contribution >= 4 is 11.7 Å². The lowest BCUT2D eigenvalue weighted by molar-refractivity contribution is -0.385. The number of carboxylic acids is 1. The molecular formula is C9H7F2NO5. The highest BCUT2D eigenvalue weighted by Gasteiger charge is 2.23. The highest BCUT2D eigenvalue weighted by Crippen LogP contribution is 2.29. The zero-order valence-electron chi connectivity index (χ0n) is 8.52. The summed E-state index contributed by atoms with van der Waals surface area (Å²) in [6, 6.07) is 1.59. The highest BCUT2D eigenvalue weighted by molar-refractivity contribution is 5.93. The Kier molecular flexibility index (Phi) is 3.56. The average molecular weight is 247 g/mol. The van der Waals surface area contributed by atoms with Gasteiger partial charge in [0.15, 0.2) is 0 Å². The van der Waals surface area contributed by atoms with E-state index in [4.69, 9.17) is 5.11 Å². The van der Waals surface area contributed by atoms with E-state index >= 15 is 0 Å². The van der Waals surface area contributed by atoms with Crippen LogP contribution in [0.5, 0.6) is 5.75 Å². The van der Waals surface area contributed by atoms with Crippen LogP contribution in [0, 0.1) is 17.0 Å². The van der Waals surface area contributed by atoms with E-state index in [-0.39, 0.29) is 5.56 Å². The van der Waals surface area contributed by atoms with Gasteiger partial charge < -0.3 is 9.84 Å². The van der Waals surface area contributed by atoms with E-state index < -0.39 is 34.5 Å². The molecule has 1 aromatic rings. The van der Waals surface area contributed by atoms with Crippen LogP contribution in [0.1, 0.15) is 15.9 Å². The maximum atomic E-state index is 12.0. The van der Waals surface area contributed by atoms with E-state index in [0.717, 1.165) is 6.07 Å². The number of rotatable bonds is 4. The van der Waals surface area contributed by atoms with Crippen LogP contribution in [0.4, 0.5) is 14.5 Å². The number of aryl methyl sites for hydroxylation is 1. The van der Waals surface area contributed by atoms with Crippen LogP contribution >= 0.6 is 0 Å². The van der Waals surface area contributed by atoms with Gasteiger partial charge in [0.2, 0.25) is 0 Å². The van der Waals surface area contributed by atoms with Gasteiger partial charge in [0, 0.05) is 12.1 Å². The van der Waals surface area contributed by atoms with Gasteiger partial charge in [0.1, 0.15) is 11.3 Å². The normalized spacial score (nSPS) is 10.4. The van der Waals surface area contributed by atoms with Crippen molar-refractivity contribution in [1.29, 1.82) is 0 Å². The Balaban J connectivity index is 3.34. The molecule has 0 fully saturated rings. The smallest absolute Gasteiger partial charge is 0.387 e. The van der Waals surface area contributed by atoms with E-state index in [1.807, 2.05) is 0 Å². The molecule has 0 aliphatic rings. The Labute approximate surface area is 93.6 Å². The Morgan fingerprint density at radius 3 is 2.53 bits per heavy atom. The van der Waals surface area contributed by atoms with Crippen LogP contribution in [0.15, 0.2) is 12.1 Å². The summed E-state index contributed by atoms with van der Waals surface area (Å²) in [5.41, 5.74) is -1.31. The van der Waals surface area contributed by atoms with E-state index in [9.17, 15) is 23.7 Å². The molecule has 0 atom stereocenters. The third kappa shape index (κ3) is 2.86. The first-order valence-electron chi connectivity index (χ1n) is 4.30. The molecule has 0 radical (unpaired) electrons. The van der Waals surface area contributed by atoms with Crippen LogP contribution in [-0.4, -0.2) is 22.6 Å². The fraction of sp³-hybridized carbons (Fsp3) is 0.222. The molecule has 0 aliphatic heterocycles. The Morgan fingerprint density at radius 2 is 2.12 bits per heavy atom. The zero-order valence-corrected chi connectivity index (χ0v) is 8.52. The molecule has 0 spiro atoms. The molecule has 92 valence electrons. The number of hydrogen-bond acceptors (Lipinski definition) is 4. The number of nitrogens with zero attached hydrogens (tertiary/aromatic N) is 1. The minimum atomic E-state index is -3.13. The second-order valence-corrected chi connectivity index (χ2v) is 3.08. The minimum Gasteiger partial charge on any atom is -0.477 e. The molecule has 0 saturated heterocycles. The third-order valence-electron chi connectivity index (χ3n) is 1.94. The molecule has 6 nitrogen and oxygen atoms in total. The standard InChI is InChI=1S/C9H7F2NO5/c1-4-2-6(12(15)16)5(8(13)14)3-7(4)17-9(10)11/h2-3,9H,1H3,(H,13,14). The number of carbonyl (C=O) groups is 1. The van der Waals surface area contributed by atoms with Gasteiger partial charge in [-0.2, -0.15) is 8.78 Å². The van der Waals surface area contributed by atoms with Crippen molar-refractivity contribution in [2.24, 2.45) is 0 Å². The second-order valence-electron chi connectivity index (χ2n) is 3.08. The van der Waals surface area contributed by atoms with Gasteiger partial charge in [-0.25, -0.2) is 4.79 Å². The lowest BCUT2D eigenvalue weighted by Crippen LogP contribution is -2.08. The number of carboxylic acid groups (broad SMARTS) is 1.